The average molecular weight is 441 g/mol. The number of nitrogens with zero attached hydrogens (tertiary/aromatic N) is 3. The van der Waals surface area contributed by atoms with Gasteiger partial charge < -0.3 is 11.5 Å². The third-order valence-corrected chi connectivity index (χ3v) is 7.66. The summed E-state index contributed by atoms with van der Waals surface area (Å²) in [7, 11) is -4.13. The van der Waals surface area contributed by atoms with Gasteiger partial charge in [-0.05, 0) is 24.3 Å². The van der Waals surface area contributed by atoms with Crippen LogP contribution in [-0.2, 0) is 14.8 Å². The van der Waals surface area contributed by atoms with E-state index in [-0.39, 0.29) is 29.0 Å². The zero-order valence-electron chi connectivity index (χ0n) is 16.6. The number of benzene rings is 2. The Balaban J connectivity index is 1.80. The number of carbonyl (C=O) groups is 2. The summed E-state index contributed by atoms with van der Waals surface area (Å²) in [6.07, 6.45) is 1.51. The molecule has 4 rings (SSSR count). The van der Waals surface area contributed by atoms with Gasteiger partial charge in [0.25, 0.3) is 0 Å². The van der Waals surface area contributed by atoms with Gasteiger partial charge in [-0.25, -0.2) is 17.7 Å². The van der Waals surface area contributed by atoms with Gasteiger partial charge in [0.15, 0.2) is 6.04 Å². The number of carbonyl (C=O) groups excluding carboxylic acids is 2. The van der Waals surface area contributed by atoms with Crippen molar-refractivity contribution in [2.75, 3.05) is 19.6 Å². The molecule has 1 aromatic heterocycles. The first-order valence-electron chi connectivity index (χ1n) is 9.65. The zero-order valence-corrected chi connectivity index (χ0v) is 17.4. The standard InChI is InChI=1S/C21H21N5O4S/c22-20(27)17-14-26(21(23)28,16-8-2-1-3-9-16)13-12-25(17)31(29,30)18-10-4-6-15-7-5-11-24-19(15)18/h1-11,17H,12-14H2,(H3-,22,23,27,28)/p+1. The van der Waals surface area contributed by atoms with E-state index >= 15 is 0 Å². The second kappa shape index (κ2) is 7.73. The Morgan fingerprint density at radius 1 is 1.00 bits per heavy atom. The quantitative estimate of drug-likeness (QED) is 0.587. The largest absolute Gasteiger partial charge is 0.419 e. The van der Waals surface area contributed by atoms with E-state index in [0.29, 0.717) is 16.6 Å². The lowest BCUT2D eigenvalue weighted by atomic mass is 10.1. The van der Waals surface area contributed by atoms with Gasteiger partial charge in [-0.2, -0.15) is 4.31 Å². The molecule has 160 valence electrons. The van der Waals surface area contributed by atoms with Crippen molar-refractivity contribution in [2.45, 2.75) is 10.9 Å². The van der Waals surface area contributed by atoms with E-state index in [1.54, 1.807) is 54.6 Å². The molecule has 2 aromatic carbocycles. The maximum Gasteiger partial charge on any atom is 0.419 e. The predicted molar refractivity (Wildman–Crippen MR) is 116 cm³/mol. The smallest absolute Gasteiger partial charge is 0.368 e. The third-order valence-electron chi connectivity index (χ3n) is 5.72. The molecule has 3 amide bonds. The van der Waals surface area contributed by atoms with Crippen LogP contribution >= 0.6 is 0 Å². The molecule has 2 heterocycles. The Bertz CT molecular complexity index is 1260. The second-order valence-electron chi connectivity index (χ2n) is 7.41. The monoisotopic (exact) mass is 440 g/mol. The summed E-state index contributed by atoms with van der Waals surface area (Å²) < 4.78 is 27.9. The van der Waals surface area contributed by atoms with Crippen LogP contribution in [0.3, 0.4) is 0 Å². The molecule has 4 N–H and O–H groups in total. The highest BCUT2D eigenvalue weighted by molar-refractivity contribution is 7.89. The van der Waals surface area contributed by atoms with Gasteiger partial charge in [-0.3, -0.25) is 9.78 Å². The number of quaternary nitrogens is 1. The minimum Gasteiger partial charge on any atom is -0.368 e. The van der Waals surface area contributed by atoms with Gasteiger partial charge >= 0.3 is 6.03 Å². The molecule has 2 atom stereocenters. The van der Waals surface area contributed by atoms with Gasteiger partial charge in [-0.1, -0.05) is 36.4 Å². The number of aromatic nitrogens is 1. The Kier molecular flexibility index (Phi) is 5.21. The van der Waals surface area contributed by atoms with E-state index in [4.69, 9.17) is 11.5 Å². The number of fused-ring (bicyclic) bond motifs is 1. The third kappa shape index (κ3) is 3.44. The minimum absolute atomic E-state index is 0.0179. The van der Waals surface area contributed by atoms with Crippen LogP contribution in [-0.4, -0.2) is 55.3 Å². The second-order valence-corrected chi connectivity index (χ2v) is 9.27. The van der Waals surface area contributed by atoms with Crippen molar-refractivity contribution in [3.8, 4) is 0 Å². The fraction of sp³-hybridized carbons (Fsp3) is 0.190. The maximum absolute atomic E-state index is 13.6. The van der Waals surface area contributed by atoms with E-state index in [1.807, 2.05) is 0 Å². The van der Waals surface area contributed by atoms with Crippen LogP contribution in [0, 0.1) is 0 Å². The molecule has 10 heteroatoms. The van der Waals surface area contributed by atoms with Crippen molar-refractivity contribution in [3.63, 3.8) is 0 Å². The Hall–Kier alpha value is -3.34. The Labute approximate surface area is 179 Å². The van der Waals surface area contributed by atoms with Gasteiger partial charge in [0.05, 0.1) is 12.1 Å². The maximum atomic E-state index is 13.6. The Morgan fingerprint density at radius 2 is 1.71 bits per heavy atom. The highest BCUT2D eigenvalue weighted by Crippen LogP contribution is 2.32. The van der Waals surface area contributed by atoms with Crippen molar-refractivity contribution in [3.05, 3.63) is 66.9 Å². The number of nitrogens with two attached hydrogens (primary N) is 2. The number of para-hydroxylation sites is 2. The molecule has 0 bridgehead atoms. The molecule has 2 unspecified atom stereocenters. The Morgan fingerprint density at radius 3 is 2.39 bits per heavy atom. The van der Waals surface area contributed by atoms with Gasteiger partial charge in [0.1, 0.15) is 23.7 Å². The molecule has 0 radical (unpaired) electrons. The van der Waals surface area contributed by atoms with E-state index in [1.165, 1.54) is 12.3 Å². The highest BCUT2D eigenvalue weighted by atomic mass is 32.2. The summed E-state index contributed by atoms with van der Waals surface area (Å²) in [6, 6.07) is 15.1. The number of primary amides is 2. The van der Waals surface area contributed by atoms with Crippen molar-refractivity contribution < 1.29 is 18.0 Å². The lowest BCUT2D eigenvalue weighted by Gasteiger charge is -2.43. The molecule has 0 aliphatic carbocycles. The fourth-order valence-electron chi connectivity index (χ4n) is 4.11. The fourth-order valence-corrected chi connectivity index (χ4v) is 5.85. The van der Waals surface area contributed by atoms with Gasteiger partial charge in [0, 0.05) is 11.6 Å². The lowest BCUT2D eigenvalue weighted by Crippen LogP contribution is -2.71. The van der Waals surface area contributed by atoms with Crippen molar-refractivity contribution >= 4 is 38.6 Å². The first-order chi connectivity index (χ1) is 14.8. The molecule has 0 spiro atoms. The van der Waals surface area contributed by atoms with Crippen LogP contribution in [0.1, 0.15) is 0 Å². The zero-order chi connectivity index (χ0) is 22.2. The molecule has 1 aliphatic heterocycles. The van der Waals surface area contributed by atoms with Crippen molar-refractivity contribution in [1.29, 1.82) is 0 Å². The molecule has 1 saturated heterocycles. The number of amides is 3. The number of pyridine rings is 1. The highest BCUT2D eigenvalue weighted by Gasteiger charge is 2.51. The molecule has 9 nitrogen and oxygen atoms in total. The average Bonchev–Trinajstić information content (AvgIpc) is 2.78. The molecular weight excluding hydrogens is 418 g/mol. The number of urea groups is 1. The summed E-state index contributed by atoms with van der Waals surface area (Å²) in [6.45, 7) is -0.232. The number of hydrogen-bond acceptors (Lipinski definition) is 5. The number of piperazine rings is 1. The molecule has 3 aromatic rings. The molecule has 1 aliphatic rings. The van der Waals surface area contributed by atoms with Crippen LogP contribution in [0.25, 0.3) is 10.9 Å². The minimum atomic E-state index is -4.13. The van der Waals surface area contributed by atoms with Crippen LogP contribution < -0.4 is 16.0 Å². The molecular formula is C21H22N5O4S+. The summed E-state index contributed by atoms with van der Waals surface area (Å²) in [4.78, 5) is 29.1. The first-order valence-corrected chi connectivity index (χ1v) is 11.1. The van der Waals surface area contributed by atoms with Crippen LogP contribution in [0.5, 0.6) is 0 Å². The predicted octanol–water partition coefficient (Wildman–Crippen LogP) is 1.18. The summed E-state index contributed by atoms with van der Waals surface area (Å²) in [5.41, 5.74) is 12.2. The van der Waals surface area contributed by atoms with E-state index in [9.17, 15) is 18.0 Å². The molecule has 1 fully saturated rings. The molecule has 31 heavy (non-hydrogen) atoms. The van der Waals surface area contributed by atoms with E-state index in [0.717, 1.165) is 4.31 Å². The van der Waals surface area contributed by atoms with E-state index in [2.05, 4.69) is 4.98 Å². The molecule has 0 saturated carbocycles. The number of sulfonamides is 1. The van der Waals surface area contributed by atoms with Crippen LogP contribution in [0.15, 0.2) is 71.8 Å². The number of hydrogen-bond donors (Lipinski definition) is 2. The first kappa shape index (κ1) is 20.9. The normalized spacial score (nSPS) is 22.3. The summed E-state index contributed by atoms with van der Waals surface area (Å²) in [5.74, 6) is -0.851. The van der Waals surface area contributed by atoms with Crippen molar-refractivity contribution in [1.82, 2.24) is 13.8 Å². The summed E-state index contributed by atoms with van der Waals surface area (Å²) in [5, 5.41) is 0.655. The van der Waals surface area contributed by atoms with Crippen LogP contribution in [0.2, 0.25) is 0 Å². The lowest BCUT2D eigenvalue weighted by molar-refractivity contribution is -0.122. The van der Waals surface area contributed by atoms with E-state index < -0.39 is 28.0 Å². The van der Waals surface area contributed by atoms with Crippen LogP contribution in [0.4, 0.5) is 10.5 Å². The van der Waals surface area contributed by atoms with Gasteiger partial charge in [0.2, 0.25) is 15.9 Å². The van der Waals surface area contributed by atoms with Crippen molar-refractivity contribution in [2.24, 2.45) is 11.5 Å². The van der Waals surface area contributed by atoms with Gasteiger partial charge in [-0.15, -0.1) is 0 Å². The summed E-state index contributed by atoms with van der Waals surface area (Å²) >= 11 is 0. The SMILES string of the molecule is NC(=O)C1C[N+](C(N)=O)(c2ccccc2)CCN1S(=O)(=O)c1cccc2cccnc12. The topological polar surface area (TPSA) is 136 Å². The number of rotatable bonds is 4.